The number of nitrogens with one attached hydrogen (secondary N) is 1. The number of anilines is 1. The Morgan fingerprint density at radius 1 is 1.08 bits per heavy atom. The molecular weight excluding hydrogens is 502 g/mol. The van der Waals surface area contributed by atoms with Crippen LogP contribution in [0.4, 0.5) is 5.69 Å². The Morgan fingerprint density at radius 2 is 1.76 bits per heavy atom. The second-order valence-corrected chi connectivity index (χ2v) is 10.7. The van der Waals surface area contributed by atoms with E-state index in [-0.39, 0.29) is 5.91 Å². The third kappa shape index (κ3) is 7.25. The molecule has 4 rings (SSSR count). The Kier molecular flexibility index (Phi) is 9.45. The second kappa shape index (κ2) is 13.0. The summed E-state index contributed by atoms with van der Waals surface area (Å²) < 4.78 is 0. The molecule has 3 aromatic rings. The van der Waals surface area contributed by atoms with Gasteiger partial charge >= 0.3 is 0 Å². The van der Waals surface area contributed by atoms with E-state index in [9.17, 15) is 9.90 Å². The Labute approximate surface area is 228 Å². The van der Waals surface area contributed by atoms with Gasteiger partial charge in [-0.15, -0.1) is 11.3 Å². The standard InChI is InChI=1S/C30H34ClN3O2S/c1-22(29(35)23(2)33-16-18-34(19-17-33)28-11-7-6-10-27(28)31)30(36)32-15-14-26-20-25(21-37-26)13-12-24-8-4-3-5-9-24/h3-13,20-22,29,35H,2,14-19H2,1H3,(H,32,36)/b13-12+/t22-,29-/m1/s1. The number of aliphatic hydroxyl groups excluding tert-OH is 1. The highest BCUT2D eigenvalue weighted by Crippen LogP contribution is 2.27. The highest BCUT2D eigenvalue weighted by Gasteiger charge is 2.29. The van der Waals surface area contributed by atoms with Crippen LogP contribution in [0, 0.1) is 5.92 Å². The zero-order valence-electron chi connectivity index (χ0n) is 21.1. The predicted molar refractivity (Wildman–Crippen MR) is 156 cm³/mol. The van der Waals surface area contributed by atoms with Gasteiger partial charge in [0, 0.05) is 43.3 Å². The Morgan fingerprint density at radius 3 is 2.49 bits per heavy atom. The third-order valence-corrected chi connectivity index (χ3v) is 8.05. The van der Waals surface area contributed by atoms with Crippen LogP contribution in [-0.2, 0) is 11.2 Å². The minimum absolute atomic E-state index is 0.163. The lowest BCUT2D eigenvalue weighted by Crippen LogP contribution is -2.49. The number of benzene rings is 2. The van der Waals surface area contributed by atoms with Gasteiger partial charge in [-0.1, -0.05) is 79.7 Å². The normalized spacial score (nSPS) is 15.5. The van der Waals surface area contributed by atoms with Crippen molar-refractivity contribution in [2.24, 2.45) is 5.92 Å². The largest absolute Gasteiger partial charge is 0.386 e. The molecule has 2 N–H and O–H groups in total. The van der Waals surface area contributed by atoms with Crippen molar-refractivity contribution in [3.05, 3.63) is 99.3 Å². The molecule has 2 heterocycles. The van der Waals surface area contributed by atoms with Gasteiger partial charge in [0.15, 0.2) is 0 Å². The zero-order chi connectivity index (χ0) is 26.2. The smallest absolute Gasteiger partial charge is 0.225 e. The van der Waals surface area contributed by atoms with E-state index < -0.39 is 12.0 Å². The van der Waals surface area contributed by atoms with Crippen molar-refractivity contribution in [3.8, 4) is 0 Å². The first-order chi connectivity index (χ1) is 17.9. The lowest BCUT2D eigenvalue weighted by molar-refractivity contribution is -0.127. The van der Waals surface area contributed by atoms with E-state index in [1.807, 2.05) is 42.5 Å². The lowest BCUT2D eigenvalue weighted by atomic mass is 10.00. The first-order valence-corrected chi connectivity index (χ1v) is 13.9. The number of carbonyl (C=O) groups excluding carboxylic acids is 1. The molecule has 194 valence electrons. The van der Waals surface area contributed by atoms with Crippen molar-refractivity contribution in [2.75, 3.05) is 37.6 Å². The SMILES string of the molecule is C=C([C@H](O)[C@@H](C)C(=O)NCCc1cc(/C=C/c2ccccc2)cs1)N1CCN(c2ccccc2Cl)CC1. The number of thiophene rings is 1. The molecule has 7 heteroatoms. The first-order valence-electron chi connectivity index (χ1n) is 12.6. The van der Waals surface area contributed by atoms with Crippen molar-refractivity contribution in [2.45, 2.75) is 19.4 Å². The van der Waals surface area contributed by atoms with E-state index in [2.05, 4.69) is 57.4 Å². The van der Waals surface area contributed by atoms with Gasteiger partial charge < -0.3 is 20.2 Å². The summed E-state index contributed by atoms with van der Waals surface area (Å²) in [5, 5.41) is 16.7. The lowest BCUT2D eigenvalue weighted by Gasteiger charge is -2.40. The van der Waals surface area contributed by atoms with Crippen LogP contribution in [0.3, 0.4) is 0 Å². The molecule has 0 aliphatic carbocycles. The fourth-order valence-corrected chi connectivity index (χ4v) is 5.52. The van der Waals surface area contributed by atoms with Crippen molar-refractivity contribution < 1.29 is 9.90 Å². The number of rotatable bonds is 10. The van der Waals surface area contributed by atoms with Crippen LogP contribution in [0.1, 0.15) is 22.9 Å². The summed E-state index contributed by atoms with van der Waals surface area (Å²) in [4.78, 5) is 18.3. The molecular formula is C30H34ClN3O2S. The molecule has 0 saturated carbocycles. The summed E-state index contributed by atoms with van der Waals surface area (Å²) in [6.45, 7) is 9.38. The number of carbonyl (C=O) groups is 1. The van der Waals surface area contributed by atoms with Crippen LogP contribution in [0.15, 0.2) is 78.3 Å². The molecule has 0 bridgehead atoms. The molecule has 0 spiro atoms. The van der Waals surface area contributed by atoms with E-state index in [0.29, 0.717) is 12.2 Å². The van der Waals surface area contributed by atoms with Gasteiger partial charge in [0.2, 0.25) is 5.91 Å². The van der Waals surface area contributed by atoms with E-state index in [1.165, 1.54) is 10.4 Å². The molecule has 1 aliphatic rings. The van der Waals surface area contributed by atoms with E-state index in [1.54, 1.807) is 18.3 Å². The summed E-state index contributed by atoms with van der Waals surface area (Å²) >= 11 is 8.03. The summed E-state index contributed by atoms with van der Waals surface area (Å²) in [7, 11) is 0. The maximum atomic E-state index is 12.7. The van der Waals surface area contributed by atoms with Crippen LogP contribution in [0.25, 0.3) is 12.2 Å². The maximum Gasteiger partial charge on any atom is 0.225 e. The van der Waals surface area contributed by atoms with Crippen LogP contribution in [0.2, 0.25) is 5.02 Å². The van der Waals surface area contributed by atoms with Gasteiger partial charge in [-0.3, -0.25) is 4.79 Å². The van der Waals surface area contributed by atoms with Crippen LogP contribution in [0.5, 0.6) is 0 Å². The molecule has 0 radical (unpaired) electrons. The third-order valence-electron chi connectivity index (χ3n) is 6.72. The Balaban J connectivity index is 1.20. The number of hydrogen-bond donors (Lipinski definition) is 2. The molecule has 1 aliphatic heterocycles. The van der Waals surface area contributed by atoms with Gasteiger partial charge in [0.05, 0.1) is 16.6 Å². The van der Waals surface area contributed by atoms with E-state index in [4.69, 9.17) is 11.6 Å². The van der Waals surface area contributed by atoms with Crippen molar-refractivity contribution >= 4 is 46.7 Å². The van der Waals surface area contributed by atoms with Crippen molar-refractivity contribution in [1.82, 2.24) is 10.2 Å². The van der Waals surface area contributed by atoms with Gasteiger partial charge in [-0.25, -0.2) is 0 Å². The predicted octanol–water partition coefficient (Wildman–Crippen LogP) is 5.56. The van der Waals surface area contributed by atoms with Crippen LogP contribution >= 0.6 is 22.9 Å². The summed E-state index contributed by atoms with van der Waals surface area (Å²) in [5.41, 5.74) is 3.94. The average molecular weight is 536 g/mol. The van der Waals surface area contributed by atoms with Crippen LogP contribution < -0.4 is 10.2 Å². The number of amides is 1. The molecule has 2 atom stereocenters. The maximum absolute atomic E-state index is 12.7. The Bertz CT molecular complexity index is 1220. The molecule has 1 aromatic heterocycles. The van der Waals surface area contributed by atoms with Gasteiger partial charge in [-0.05, 0) is 41.1 Å². The highest BCUT2D eigenvalue weighted by molar-refractivity contribution is 7.10. The summed E-state index contributed by atoms with van der Waals surface area (Å²) in [6, 6.07) is 20.2. The Hall–Kier alpha value is -3.06. The topological polar surface area (TPSA) is 55.8 Å². The van der Waals surface area contributed by atoms with Crippen LogP contribution in [-0.4, -0.2) is 54.7 Å². The van der Waals surface area contributed by atoms with Crippen molar-refractivity contribution in [3.63, 3.8) is 0 Å². The van der Waals surface area contributed by atoms with Gasteiger partial charge in [-0.2, -0.15) is 0 Å². The summed E-state index contributed by atoms with van der Waals surface area (Å²) in [6.07, 6.45) is 4.03. The molecule has 1 fully saturated rings. The number of nitrogens with zero attached hydrogens (tertiary/aromatic N) is 2. The summed E-state index contributed by atoms with van der Waals surface area (Å²) in [5.74, 6) is -0.745. The second-order valence-electron chi connectivity index (χ2n) is 9.28. The average Bonchev–Trinajstić information content (AvgIpc) is 3.39. The number of hydrogen-bond acceptors (Lipinski definition) is 5. The zero-order valence-corrected chi connectivity index (χ0v) is 22.7. The molecule has 5 nitrogen and oxygen atoms in total. The number of para-hydroxylation sites is 1. The van der Waals surface area contributed by atoms with E-state index in [0.717, 1.165) is 48.9 Å². The fraction of sp³-hybridized carbons (Fsp3) is 0.300. The number of halogens is 1. The fourth-order valence-electron chi connectivity index (χ4n) is 4.40. The monoisotopic (exact) mass is 535 g/mol. The van der Waals surface area contributed by atoms with Gasteiger partial charge in [0.25, 0.3) is 0 Å². The molecule has 1 amide bonds. The first kappa shape index (κ1) is 27.0. The molecule has 0 unspecified atom stereocenters. The number of aliphatic hydroxyl groups is 1. The van der Waals surface area contributed by atoms with Crippen molar-refractivity contribution in [1.29, 1.82) is 0 Å². The molecule has 1 saturated heterocycles. The van der Waals surface area contributed by atoms with Gasteiger partial charge in [0.1, 0.15) is 6.10 Å². The molecule has 37 heavy (non-hydrogen) atoms. The number of piperazine rings is 1. The minimum atomic E-state index is -0.927. The van der Waals surface area contributed by atoms with E-state index >= 15 is 0 Å². The molecule has 2 aromatic carbocycles. The minimum Gasteiger partial charge on any atom is -0.386 e. The quantitative estimate of drug-likeness (QED) is 0.357. The highest BCUT2D eigenvalue weighted by atomic mass is 35.5.